The first-order chi connectivity index (χ1) is 5.58. The van der Waals surface area contributed by atoms with Gasteiger partial charge in [0.05, 0.1) is 0 Å². The van der Waals surface area contributed by atoms with E-state index in [4.69, 9.17) is 4.55 Å². The molecule has 0 heterocycles. The highest BCUT2D eigenvalue weighted by atomic mass is 32.2. The predicted molar refractivity (Wildman–Crippen MR) is 46.4 cm³/mol. The average Bonchev–Trinajstić information content (AvgIpc) is 2.02. The van der Waals surface area contributed by atoms with Crippen LogP contribution in [0.15, 0.2) is 0 Å². The van der Waals surface area contributed by atoms with E-state index in [2.05, 4.69) is 5.32 Å². The third-order valence-electron chi connectivity index (χ3n) is 2.16. The lowest BCUT2D eigenvalue weighted by Gasteiger charge is -2.21. The lowest BCUT2D eigenvalue weighted by molar-refractivity contribution is 0.381. The summed E-state index contributed by atoms with van der Waals surface area (Å²) in [6.07, 6.45) is 5.60. The van der Waals surface area contributed by atoms with E-state index in [0.717, 1.165) is 25.7 Å². The van der Waals surface area contributed by atoms with Crippen molar-refractivity contribution in [1.29, 1.82) is 0 Å². The molecule has 12 heavy (non-hydrogen) atoms. The van der Waals surface area contributed by atoms with Crippen molar-refractivity contribution in [2.75, 3.05) is 5.88 Å². The van der Waals surface area contributed by atoms with Gasteiger partial charge in [0.1, 0.15) is 5.88 Å². The molecule has 0 amide bonds. The molecule has 1 fully saturated rings. The molecule has 0 spiro atoms. The molecule has 0 aromatic rings. The van der Waals surface area contributed by atoms with Gasteiger partial charge in [-0.3, -0.25) is 9.87 Å². The number of hydrogen-bond donors (Lipinski definition) is 2. The van der Waals surface area contributed by atoms with E-state index in [-0.39, 0.29) is 11.9 Å². The van der Waals surface area contributed by atoms with Crippen molar-refractivity contribution in [2.24, 2.45) is 0 Å². The molecule has 0 saturated heterocycles. The van der Waals surface area contributed by atoms with Gasteiger partial charge in [0.25, 0.3) is 10.1 Å². The lowest BCUT2D eigenvalue weighted by Crippen LogP contribution is -2.34. The standard InChI is InChI=1S/C7H15NO3S/c9-12(10,11)6-8-7-4-2-1-3-5-7/h7-8H,1-6H2,(H,9,10,11). The third-order valence-corrected chi connectivity index (χ3v) is 2.69. The minimum Gasteiger partial charge on any atom is -0.299 e. The highest BCUT2D eigenvalue weighted by Crippen LogP contribution is 2.17. The smallest absolute Gasteiger partial charge is 0.278 e. The maximum Gasteiger partial charge on any atom is 0.278 e. The van der Waals surface area contributed by atoms with E-state index < -0.39 is 10.1 Å². The molecule has 0 atom stereocenters. The second-order valence-electron chi connectivity index (χ2n) is 3.27. The van der Waals surface area contributed by atoms with E-state index in [1.165, 1.54) is 6.42 Å². The molecule has 1 saturated carbocycles. The quantitative estimate of drug-likeness (QED) is 0.649. The molecule has 5 heteroatoms. The van der Waals surface area contributed by atoms with E-state index >= 15 is 0 Å². The van der Waals surface area contributed by atoms with Gasteiger partial charge < -0.3 is 0 Å². The Morgan fingerprint density at radius 1 is 1.25 bits per heavy atom. The van der Waals surface area contributed by atoms with Crippen LogP contribution >= 0.6 is 0 Å². The van der Waals surface area contributed by atoms with Crippen molar-refractivity contribution in [2.45, 2.75) is 38.1 Å². The monoisotopic (exact) mass is 193 g/mol. The molecule has 0 aromatic heterocycles. The fourth-order valence-corrected chi connectivity index (χ4v) is 1.98. The summed E-state index contributed by atoms with van der Waals surface area (Å²) in [5.74, 6) is -0.308. The summed E-state index contributed by atoms with van der Waals surface area (Å²) < 4.78 is 29.2. The molecular weight excluding hydrogens is 178 g/mol. The molecule has 0 bridgehead atoms. The van der Waals surface area contributed by atoms with E-state index in [1.807, 2.05) is 0 Å². The van der Waals surface area contributed by atoms with Gasteiger partial charge in [-0.05, 0) is 12.8 Å². The van der Waals surface area contributed by atoms with Crippen LogP contribution in [0, 0.1) is 0 Å². The number of nitrogens with one attached hydrogen (secondary N) is 1. The van der Waals surface area contributed by atoms with E-state index in [0.29, 0.717) is 0 Å². The van der Waals surface area contributed by atoms with Crippen molar-refractivity contribution >= 4 is 10.1 Å². The summed E-state index contributed by atoms with van der Waals surface area (Å²) in [7, 11) is -3.83. The van der Waals surface area contributed by atoms with Crippen LogP contribution in [0.25, 0.3) is 0 Å². The zero-order chi connectivity index (χ0) is 9.03. The molecule has 4 nitrogen and oxygen atoms in total. The fraction of sp³-hybridized carbons (Fsp3) is 1.00. The summed E-state index contributed by atoms with van der Waals surface area (Å²) in [6, 6.07) is 0.278. The highest BCUT2D eigenvalue weighted by Gasteiger charge is 2.14. The van der Waals surface area contributed by atoms with Crippen LogP contribution in [0.3, 0.4) is 0 Å². The van der Waals surface area contributed by atoms with E-state index in [1.54, 1.807) is 0 Å². The summed E-state index contributed by atoms with van der Waals surface area (Å²) >= 11 is 0. The second-order valence-corrected chi connectivity index (χ2v) is 4.72. The normalized spacial score (nSPS) is 21.1. The minimum absolute atomic E-state index is 0.278. The lowest BCUT2D eigenvalue weighted by atomic mass is 9.96. The zero-order valence-electron chi connectivity index (χ0n) is 6.99. The Morgan fingerprint density at radius 3 is 2.33 bits per heavy atom. The van der Waals surface area contributed by atoms with Gasteiger partial charge in [0.15, 0.2) is 0 Å². The molecule has 0 unspecified atom stereocenters. The Morgan fingerprint density at radius 2 is 1.83 bits per heavy atom. The second kappa shape index (κ2) is 4.20. The molecule has 0 radical (unpaired) electrons. The van der Waals surface area contributed by atoms with Gasteiger partial charge in [0.2, 0.25) is 0 Å². The van der Waals surface area contributed by atoms with Crippen molar-refractivity contribution in [1.82, 2.24) is 5.32 Å². The molecular formula is C7H15NO3S. The van der Waals surface area contributed by atoms with Crippen LogP contribution < -0.4 is 5.32 Å². The molecule has 2 N–H and O–H groups in total. The Hall–Kier alpha value is -0.130. The molecule has 0 aliphatic heterocycles. The molecule has 1 aliphatic carbocycles. The topological polar surface area (TPSA) is 66.4 Å². The van der Waals surface area contributed by atoms with Gasteiger partial charge in [-0.2, -0.15) is 8.42 Å². The van der Waals surface area contributed by atoms with Crippen molar-refractivity contribution in [3.8, 4) is 0 Å². The summed E-state index contributed by atoms with van der Waals surface area (Å²) in [6.45, 7) is 0. The zero-order valence-corrected chi connectivity index (χ0v) is 7.81. The first-order valence-corrected chi connectivity index (χ1v) is 5.87. The third kappa shape index (κ3) is 4.04. The van der Waals surface area contributed by atoms with Crippen LogP contribution in [0.1, 0.15) is 32.1 Å². The fourth-order valence-electron chi connectivity index (χ4n) is 1.53. The highest BCUT2D eigenvalue weighted by molar-refractivity contribution is 7.85. The van der Waals surface area contributed by atoms with Crippen LogP contribution in [0.4, 0.5) is 0 Å². The van der Waals surface area contributed by atoms with E-state index in [9.17, 15) is 8.42 Å². The number of hydrogen-bond acceptors (Lipinski definition) is 3. The van der Waals surface area contributed by atoms with Crippen LogP contribution in [-0.2, 0) is 10.1 Å². The van der Waals surface area contributed by atoms with Crippen LogP contribution in [0.5, 0.6) is 0 Å². The maximum absolute atomic E-state index is 10.4. The summed E-state index contributed by atoms with van der Waals surface area (Å²) in [5, 5.41) is 2.82. The minimum atomic E-state index is -3.83. The van der Waals surface area contributed by atoms with Crippen molar-refractivity contribution < 1.29 is 13.0 Å². The summed E-state index contributed by atoms with van der Waals surface area (Å²) in [5.41, 5.74) is 0. The first-order valence-electron chi connectivity index (χ1n) is 4.26. The number of rotatable bonds is 3. The molecule has 0 aromatic carbocycles. The SMILES string of the molecule is O=S(=O)(O)CNC1CCCCC1. The Labute approximate surface area is 73.1 Å². The van der Waals surface area contributed by atoms with Crippen molar-refractivity contribution in [3.63, 3.8) is 0 Å². The molecule has 1 aliphatic rings. The van der Waals surface area contributed by atoms with Crippen LogP contribution in [0.2, 0.25) is 0 Å². The first kappa shape index (κ1) is 9.95. The Balaban J connectivity index is 2.22. The Bertz CT molecular complexity index is 219. The average molecular weight is 193 g/mol. The summed E-state index contributed by atoms with van der Waals surface area (Å²) in [4.78, 5) is 0. The van der Waals surface area contributed by atoms with Gasteiger partial charge >= 0.3 is 0 Å². The largest absolute Gasteiger partial charge is 0.299 e. The van der Waals surface area contributed by atoms with Gasteiger partial charge in [0, 0.05) is 6.04 Å². The van der Waals surface area contributed by atoms with Gasteiger partial charge in [-0.15, -0.1) is 0 Å². The predicted octanol–water partition coefficient (Wildman–Crippen LogP) is 0.754. The molecule has 72 valence electrons. The Kier molecular flexibility index (Phi) is 3.49. The van der Waals surface area contributed by atoms with Crippen LogP contribution in [-0.4, -0.2) is 24.9 Å². The van der Waals surface area contributed by atoms with Crippen molar-refractivity contribution in [3.05, 3.63) is 0 Å². The van der Waals surface area contributed by atoms with Gasteiger partial charge in [-0.1, -0.05) is 19.3 Å². The maximum atomic E-state index is 10.4. The van der Waals surface area contributed by atoms with Gasteiger partial charge in [-0.25, -0.2) is 0 Å². The molecule has 1 rings (SSSR count).